The van der Waals surface area contributed by atoms with Crippen LogP contribution in [0.5, 0.6) is 0 Å². The molecule has 120 valence electrons. The van der Waals surface area contributed by atoms with E-state index in [1.54, 1.807) is 12.5 Å². The minimum atomic E-state index is 0.0944. The number of benzene rings is 1. The monoisotopic (exact) mass is 312 g/mol. The molecule has 0 radical (unpaired) electrons. The molecule has 0 saturated heterocycles. The SMILES string of the molecule is Cc1nn(CCO)c(C)c1CNc1ccc(-c2ncco2)cc1. The summed E-state index contributed by atoms with van der Waals surface area (Å²) >= 11 is 0. The summed E-state index contributed by atoms with van der Waals surface area (Å²) in [6, 6.07) is 7.96. The topological polar surface area (TPSA) is 76.1 Å². The lowest BCUT2D eigenvalue weighted by atomic mass is 10.1. The van der Waals surface area contributed by atoms with Gasteiger partial charge in [0.25, 0.3) is 0 Å². The Morgan fingerprint density at radius 1 is 1.22 bits per heavy atom. The largest absolute Gasteiger partial charge is 0.445 e. The summed E-state index contributed by atoms with van der Waals surface area (Å²) in [5.41, 5.74) is 5.20. The molecule has 2 aromatic heterocycles. The zero-order chi connectivity index (χ0) is 16.2. The number of oxazole rings is 1. The Labute approximate surface area is 134 Å². The second-order valence-corrected chi connectivity index (χ2v) is 5.36. The van der Waals surface area contributed by atoms with E-state index >= 15 is 0 Å². The van der Waals surface area contributed by atoms with E-state index in [-0.39, 0.29) is 6.61 Å². The van der Waals surface area contributed by atoms with Crippen molar-refractivity contribution in [1.82, 2.24) is 14.8 Å². The number of nitrogens with one attached hydrogen (secondary N) is 1. The van der Waals surface area contributed by atoms with E-state index < -0.39 is 0 Å². The van der Waals surface area contributed by atoms with Crippen molar-refractivity contribution in [3.05, 3.63) is 53.7 Å². The summed E-state index contributed by atoms with van der Waals surface area (Å²) in [5, 5.41) is 16.9. The molecule has 0 aliphatic rings. The van der Waals surface area contributed by atoms with Crippen molar-refractivity contribution in [1.29, 1.82) is 0 Å². The van der Waals surface area contributed by atoms with Crippen LogP contribution in [0.25, 0.3) is 11.5 Å². The average molecular weight is 312 g/mol. The summed E-state index contributed by atoms with van der Waals surface area (Å²) < 4.78 is 7.13. The Morgan fingerprint density at radius 3 is 2.65 bits per heavy atom. The Bertz CT molecular complexity index is 761. The molecule has 0 amide bonds. The van der Waals surface area contributed by atoms with Gasteiger partial charge in [-0.25, -0.2) is 4.98 Å². The molecule has 3 rings (SSSR count). The molecule has 0 atom stereocenters. The fourth-order valence-corrected chi connectivity index (χ4v) is 2.59. The van der Waals surface area contributed by atoms with Gasteiger partial charge >= 0.3 is 0 Å². The molecule has 23 heavy (non-hydrogen) atoms. The number of anilines is 1. The fraction of sp³-hybridized carbons (Fsp3) is 0.294. The minimum absolute atomic E-state index is 0.0944. The zero-order valence-electron chi connectivity index (χ0n) is 13.3. The normalized spacial score (nSPS) is 10.9. The van der Waals surface area contributed by atoms with Crippen LogP contribution in [0.15, 0.2) is 41.1 Å². The lowest BCUT2D eigenvalue weighted by Gasteiger charge is -2.08. The summed E-state index contributed by atoms with van der Waals surface area (Å²) in [6.45, 7) is 5.33. The molecule has 0 spiro atoms. The van der Waals surface area contributed by atoms with E-state index in [0.29, 0.717) is 19.0 Å². The van der Waals surface area contributed by atoms with Gasteiger partial charge in [0.1, 0.15) is 6.26 Å². The van der Waals surface area contributed by atoms with Gasteiger partial charge in [-0.2, -0.15) is 5.10 Å². The molecule has 6 heteroatoms. The summed E-state index contributed by atoms with van der Waals surface area (Å²) in [6.07, 6.45) is 3.20. The standard InChI is InChI=1S/C17H20N4O2/c1-12-16(13(2)21(20-12)8-9-22)11-19-15-5-3-14(4-6-15)17-18-7-10-23-17/h3-7,10,19,22H,8-9,11H2,1-2H3. The summed E-state index contributed by atoms with van der Waals surface area (Å²) in [7, 11) is 0. The molecule has 1 aromatic carbocycles. The van der Waals surface area contributed by atoms with Gasteiger partial charge in [-0.05, 0) is 38.1 Å². The molecular weight excluding hydrogens is 292 g/mol. The van der Waals surface area contributed by atoms with Gasteiger partial charge in [0.2, 0.25) is 5.89 Å². The van der Waals surface area contributed by atoms with Crippen LogP contribution in [0.4, 0.5) is 5.69 Å². The van der Waals surface area contributed by atoms with Crippen molar-refractivity contribution >= 4 is 5.69 Å². The fourth-order valence-electron chi connectivity index (χ4n) is 2.59. The minimum Gasteiger partial charge on any atom is -0.445 e. The van der Waals surface area contributed by atoms with Gasteiger partial charge in [-0.3, -0.25) is 4.68 Å². The van der Waals surface area contributed by atoms with Crippen molar-refractivity contribution in [2.24, 2.45) is 0 Å². The lowest BCUT2D eigenvalue weighted by Crippen LogP contribution is -2.07. The van der Waals surface area contributed by atoms with Crippen LogP contribution in [0.3, 0.4) is 0 Å². The zero-order valence-corrected chi connectivity index (χ0v) is 13.3. The highest BCUT2D eigenvalue weighted by Crippen LogP contribution is 2.21. The third kappa shape index (κ3) is 3.27. The first-order valence-electron chi connectivity index (χ1n) is 7.56. The number of hydrogen-bond acceptors (Lipinski definition) is 5. The Hall–Kier alpha value is -2.60. The Morgan fingerprint density at radius 2 is 2.00 bits per heavy atom. The average Bonchev–Trinajstić information content (AvgIpc) is 3.17. The number of nitrogens with zero attached hydrogens (tertiary/aromatic N) is 3. The van der Waals surface area contributed by atoms with E-state index in [1.807, 2.05) is 42.8 Å². The molecule has 0 fully saturated rings. The summed E-state index contributed by atoms with van der Waals surface area (Å²) in [5.74, 6) is 0.619. The highest BCUT2D eigenvalue weighted by molar-refractivity contribution is 5.58. The second kappa shape index (κ2) is 6.66. The molecule has 2 N–H and O–H groups in total. The highest BCUT2D eigenvalue weighted by atomic mass is 16.3. The molecule has 2 heterocycles. The van der Waals surface area contributed by atoms with Crippen molar-refractivity contribution < 1.29 is 9.52 Å². The van der Waals surface area contributed by atoms with Gasteiger partial charge in [0.05, 0.1) is 25.0 Å². The van der Waals surface area contributed by atoms with Crippen LogP contribution >= 0.6 is 0 Å². The van der Waals surface area contributed by atoms with Crippen LogP contribution < -0.4 is 5.32 Å². The quantitative estimate of drug-likeness (QED) is 0.732. The number of hydrogen-bond donors (Lipinski definition) is 2. The predicted molar refractivity (Wildman–Crippen MR) is 88.1 cm³/mol. The van der Waals surface area contributed by atoms with Crippen LogP contribution in [-0.2, 0) is 13.1 Å². The Balaban J connectivity index is 1.69. The van der Waals surface area contributed by atoms with Gasteiger partial charge in [0, 0.05) is 29.1 Å². The van der Waals surface area contributed by atoms with Crippen LogP contribution in [0.2, 0.25) is 0 Å². The summed E-state index contributed by atoms with van der Waals surface area (Å²) in [4.78, 5) is 4.13. The number of rotatable bonds is 6. The van der Waals surface area contributed by atoms with E-state index in [2.05, 4.69) is 15.4 Å². The van der Waals surface area contributed by atoms with Gasteiger partial charge < -0.3 is 14.8 Å². The molecule has 3 aromatic rings. The van der Waals surface area contributed by atoms with Crippen molar-refractivity contribution in [3.8, 4) is 11.5 Å². The first-order valence-corrected chi connectivity index (χ1v) is 7.56. The third-order valence-electron chi connectivity index (χ3n) is 3.88. The molecular formula is C17H20N4O2. The maximum absolute atomic E-state index is 9.07. The van der Waals surface area contributed by atoms with E-state index in [4.69, 9.17) is 9.52 Å². The maximum Gasteiger partial charge on any atom is 0.225 e. The van der Waals surface area contributed by atoms with Crippen molar-refractivity contribution in [2.45, 2.75) is 26.9 Å². The van der Waals surface area contributed by atoms with Crippen molar-refractivity contribution in [2.75, 3.05) is 11.9 Å². The van der Waals surface area contributed by atoms with Crippen LogP contribution in [0, 0.1) is 13.8 Å². The van der Waals surface area contributed by atoms with E-state index in [9.17, 15) is 0 Å². The molecule has 0 unspecified atom stereocenters. The molecule has 6 nitrogen and oxygen atoms in total. The number of aryl methyl sites for hydroxylation is 1. The number of aliphatic hydroxyl groups is 1. The van der Waals surface area contributed by atoms with Gasteiger partial charge in [-0.1, -0.05) is 0 Å². The number of aliphatic hydroxyl groups excluding tert-OH is 1. The molecule has 0 saturated carbocycles. The van der Waals surface area contributed by atoms with Gasteiger partial charge in [0.15, 0.2) is 0 Å². The van der Waals surface area contributed by atoms with Gasteiger partial charge in [-0.15, -0.1) is 0 Å². The predicted octanol–water partition coefficient (Wildman–Crippen LogP) is 2.76. The van der Waals surface area contributed by atoms with Crippen molar-refractivity contribution in [3.63, 3.8) is 0 Å². The first kappa shape index (κ1) is 15.3. The molecule has 0 bridgehead atoms. The molecule has 0 aliphatic heterocycles. The molecule has 0 aliphatic carbocycles. The second-order valence-electron chi connectivity index (χ2n) is 5.36. The smallest absolute Gasteiger partial charge is 0.225 e. The number of aromatic nitrogens is 3. The lowest BCUT2D eigenvalue weighted by molar-refractivity contribution is 0.268. The highest BCUT2D eigenvalue weighted by Gasteiger charge is 2.11. The third-order valence-corrected chi connectivity index (χ3v) is 3.88. The van der Waals surface area contributed by atoms with E-state index in [1.165, 1.54) is 0 Å². The first-order chi connectivity index (χ1) is 11.2. The van der Waals surface area contributed by atoms with Crippen LogP contribution in [-0.4, -0.2) is 26.5 Å². The van der Waals surface area contributed by atoms with E-state index in [0.717, 1.165) is 28.2 Å². The Kier molecular flexibility index (Phi) is 4.43. The van der Waals surface area contributed by atoms with Crippen LogP contribution in [0.1, 0.15) is 17.0 Å². The maximum atomic E-state index is 9.07.